The van der Waals surface area contributed by atoms with Crippen LogP contribution in [0.15, 0.2) is 24.3 Å². The van der Waals surface area contributed by atoms with Gasteiger partial charge < -0.3 is 10.0 Å². The maximum Gasteiger partial charge on any atom is 0.120 e. The Labute approximate surface area is 104 Å². The van der Waals surface area contributed by atoms with E-state index < -0.39 is 0 Å². The molecule has 1 saturated heterocycles. The maximum atomic E-state index is 9.78. The third-order valence-corrected chi connectivity index (χ3v) is 3.60. The van der Waals surface area contributed by atoms with Crippen molar-refractivity contribution in [2.75, 3.05) is 27.2 Å². The Hall–Kier alpha value is -1.06. The highest BCUT2D eigenvalue weighted by molar-refractivity contribution is 5.31. The lowest BCUT2D eigenvalue weighted by atomic mass is 10.0. The summed E-state index contributed by atoms with van der Waals surface area (Å²) in [5.41, 5.74) is 1.03. The number of hydrogen-bond acceptors (Lipinski definition) is 3. The van der Waals surface area contributed by atoms with Gasteiger partial charge in [-0.2, -0.15) is 0 Å². The number of rotatable bonds is 3. The van der Waals surface area contributed by atoms with Gasteiger partial charge in [-0.3, -0.25) is 4.90 Å². The van der Waals surface area contributed by atoms with Crippen LogP contribution >= 0.6 is 0 Å². The zero-order chi connectivity index (χ0) is 12.3. The molecule has 1 aliphatic rings. The topological polar surface area (TPSA) is 26.7 Å². The Morgan fingerprint density at radius 3 is 2.82 bits per heavy atom. The summed E-state index contributed by atoms with van der Waals surface area (Å²) >= 11 is 0. The quantitative estimate of drug-likeness (QED) is 0.865. The molecule has 0 saturated carbocycles. The minimum absolute atomic E-state index is 0.416. The molecule has 0 aromatic heterocycles. The van der Waals surface area contributed by atoms with Crippen molar-refractivity contribution >= 4 is 0 Å². The van der Waals surface area contributed by atoms with Gasteiger partial charge in [-0.15, -0.1) is 0 Å². The van der Waals surface area contributed by atoms with Gasteiger partial charge in [-0.1, -0.05) is 18.2 Å². The largest absolute Gasteiger partial charge is 0.508 e. The zero-order valence-electron chi connectivity index (χ0n) is 10.8. The first-order valence-corrected chi connectivity index (χ1v) is 6.32. The first-order chi connectivity index (χ1) is 8.16. The molecule has 1 atom stereocenters. The summed E-state index contributed by atoms with van der Waals surface area (Å²) in [5, 5.41) is 9.78. The van der Waals surface area contributed by atoms with Gasteiger partial charge in [0, 0.05) is 24.7 Å². The van der Waals surface area contributed by atoms with Crippen LogP contribution in [-0.4, -0.2) is 48.1 Å². The van der Waals surface area contributed by atoms with Gasteiger partial charge in [0.05, 0.1) is 0 Å². The van der Waals surface area contributed by atoms with E-state index in [1.165, 1.54) is 12.8 Å². The Kier molecular flexibility index (Phi) is 4.02. The predicted molar refractivity (Wildman–Crippen MR) is 70.1 cm³/mol. The molecule has 94 valence electrons. The molecule has 3 nitrogen and oxygen atoms in total. The molecular weight excluding hydrogens is 212 g/mol. The van der Waals surface area contributed by atoms with Crippen molar-refractivity contribution in [3.8, 4) is 5.75 Å². The van der Waals surface area contributed by atoms with Crippen molar-refractivity contribution in [3.63, 3.8) is 0 Å². The number of para-hydroxylation sites is 1. The molecule has 0 aliphatic carbocycles. The van der Waals surface area contributed by atoms with Gasteiger partial charge in [-0.05, 0) is 39.5 Å². The van der Waals surface area contributed by atoms with E-state index in [1.54, 1.807) is 6.07 Å². The highest BCUT2D eigenvalue weighted by atomic mass is 16.3. The summed E-state index contributed by atoms with van der Waals surface area (Å²) in [6.07, 6.45) is 2.53. The summed E-state index contributed by atoms with van der Waals surface area (Å²) in [5.74, 6) is 0.416. The molecule has 1 N–H and O–H groups in total. The second-order valence-corrected chi connectivity index (χ2v) is 5.12. The third-order valence-electron chi connectivity index (χ3n) is 3.60. The summed E-state index contributed by atoms with van der Waals surface area (Å²) in [7, 11) is 4.29. The number of likely N-dealkylation sites (N-methyl/N-ethyl adjacent to an activating group) is 1. The van der Waals surface area contributed by atoms with Gasteiger partial charge in [0.15, 0.2) is 0 Å². The van der Waals surface area contributed by atoms with Crippen molar-refractivity contribution in [2.45, 2.75) is 25.4 Å². The monoisotopic (exact) mass is 234 g/mol. The summed E-state index contributed by atoms with van der Waals surface area (Å²) in [4.78, 5) is 4.74. The van der Waals surface area contributed by atoms with Crippen LogP contribution in [0.2, 0.25) is 0 Å². The molecule has 1 aromatic carbocycles. The van der Waals surface area contributed by atoms with E-state index in [0.717, 1.165) is 25.2 Å². The van der Waals surface area contributed by atoms with Crippen molar-refractivity contribution in [1.82, 2.24) is 9.80 Å². The number of likely N-dealkylation sites (tertiary alicyclic amines) is 1. The highest BCUT2D eigenvalue weighted by Crippen LogP contribution is 2.21. The van der Waals surface area contributed by atoms with E-state index in [4.69, 9.17) is 0 Å². The predicted octanol–water partition coefficient (Wildman–Crippen LogP) is 1.92. The van der Waals surface area contributed by atoms with Crippen molar-refractivity contribution < 1.29 is 5.11 Å². The van der Waals surface area contributed by atoms with E-state index in [0.29, 0.717) is 11.8 Å². The number of piperidine rings is 1. The molecule has 1 aliphatic heterocycles. The normalized spacial score (nSPS) is 21.9. The average molecular weight is 234 g/mol. The first-order valence-electron chi connectivity index (χ1n) is 6.32. The van der Waals surface area contributed by atoms with E-state index in [-0.39, 0.29) is 0 Å². The summed E-state index contributed by atoms with van der Waals surface area (Å²) in [6, 6.07) is 8.28. The fourth-order valence-electron chi connectivity index (χ4n) is 2.48. The molecular formula is C14H22N2O. The number of nitrogens with zero attached hydrogens (tertiary/aromatic N) is 2. The van der Waals surface area contributed by atoms with Crippen LogP contribution in [0.5, 0.6) is 5.75 Å². The molecule has 3 heteroatoms. The van der Waals surface area contributed by atoms with Crippen LogP contribution < -0.4 is 0 Å². The van der Waals surface area contributed by atoms with Gasteiger partial charge in [0.1, 0.15) is 5.75 Å². The molecule has 2 rings (SSSR count). The molecule has 0 bridgehead atoms. The lowest BCUT2D eigenvalue weighted by Gasteiger charge is -2.36. The number of hydrogen-bond donors (Lipinski definition) is 1. The van der Waals surface area contributed by atoms with E-state index in [2.05, 4.69) is 23.9 Å². The fourth-order valence-corrected chi connectivity index (χ4v) is 2.48. The minimum atomic E-state index is 0.416. The van der Waals surface area contributed by atoms with Gasteiger partial charge >= 0.3 is 0 Å². The van der Waals surface area contributed by atoms with Crippen molar-refractivity contribution in [1.29, 1.82) is 0 Å². The fraction of sp³-hybridized carbons (Fsp3) is 0.571. The number of phenolic OH excluding ortho intramolecular Hbond substituents is 1. The molecule has 0 spiro atoms. The second kappa shape index (κ2) is 5.52. The van der Waals surface area contributed by atoms with Crippen LogP contribution in [-0.2, 0) is 6.54 Å². The van der Waals surface area contributed by atoms with Gasteiger partial charge in [0.2, 0.25) is 0 Å². The Balaban J connectivity index is 1.97. The molecule has 0 radical (unpaired) electrons. The third kappa shape index (κ3) is 3.20. The molecule has 17 heavy (non-hydrogen) atoms. The number of phenols is 1. The van der Waals surface area contributed by atoms with Gasteiger partial charge in [-0.25, -0.2) is 0 Å². The Morgan fingerprint density at radius 1 is 1.35 bits per heavy atom. The van der Waals surface area contributed by atoms with Crippen molar-refractivity contribution in [2.24, 2.45) is 0 Å². The lowest BCUT2D eigenvalue weighted by molar-refractivity contribution is 0.127. The number of aromatic hydroxyl groups is 1. The first kappa shape index (κ1) is 12.4. The zero-order valence-corrected chi connectivity index (χ0v) is 10.8. The minimum Gasteiger partial charge on any atom is -0.508 e. The number of benzene rings is 1. The molecule has 1 aromatic rings. The van der Waals surface area contributed by atoms with Crippen LogP contribution in [0.3, 0.4) is 0 Å². The highest BCUT2D eigenvalue weighted by Gasteiger charge is 2.21. The van der Waals surface area contributed by atoms with Crippen molar-refractivity contribution in [3.05, 3.63) is 29.8 Å². The SMILES string of the molecule is CN(C)C1CCCN(Cc2ccccc2O)C1. The van der Waals surface area contributed by atoms with E-state index in [9.17, 15) is 5.11 Å². The average Bonchev–Trinajstić information content (AvgIpc) is 2.32. The standard InChI is InChI=1S/C14H22N2O/c1-15(2)13-7-5-9-16(11-13)10-12-6-3-4-8-14(12)17/h3-4,6,8,13,17H,5,7,9-11H2,1-2H3. The summed E-state index contributed by atoms with van der Waals surface area (Å²) in [6.45, 7) is 3.09. The van der Waals surface area contributed by atoms with E-state index in [1.807, 2.05) is 18.2 Å². The van der Waals surface area contributed by atoms with Gasteiger partial charge in [0.25, 0.3) is 0 Å². The van der Waals surface area contributed by atoms with Crippen LogP contribution in [0.4, 0.5) is 0 Å². The molecule has 1 fully saturated rings. The van der Waals surface area contributed by atoms with Crippen LogP contribution in [0, 0.1) is 0 Å². The van der Waals surface area contributed by atoms with E-state index >= 15 is 0 Å². The molecule has 0 amide bonds. The Bertz CT molecular complexity index is 365. The molecule has 1 unspecified atom stereocenters. The van der Waals surface area contributed by atoms with Crippen LogP contribution in [0.25, 0.3) is 0 Å². The molecule has 1 heterocycles. The smallest absolute Gasteiger partial charge is 0.120 e. The maximum absolute atomic E-state index is 9.78. The Morgan fingerprint density at radius 2 is 2.12 bits per heavy atom. The van der Waals surface area contributed by atoms with Crippen LogP contribution in [0.1, 0.15) is 18.4 Å². The second-order valence-electron chi connectivity index (χ2n) is 5.12. The summed E-state index contributed by atoms with van der Waals surface area (Å²) < 4.78 is 0. The lowest BCUT2D eigenvalue weighted by Crippen LogP contribution is -2.44.